The lowest BCUT2D eigenvalue weighted by molar-refractivity contribution is -0.0586. The molecule has 1 amide bonds. The highest BCUT2D eigenvalue weighted by molar-refractivity contribution is 9.10. The van der Waals surface area contributed by atoms with Gasteiger partial charge in [0.2, 0.25) is 0 Å². The van der Waals surface area contributed by atoms with E-state index in [1.54, 1.807) is 13.2 Å². The van der Waals surface area contributed by atoms with Crippen molar-refractivity contribution in [3.05, 3.63) is 28.2 Å². The van der Waals surface area contributed by atoms with Crippen molar-refractivity contribution >= 4 is 21.8 Å². The summed E-state index contributed by atoms with van der Waals surface area (Å²) < 4.78 is 11.6. The van der Waals surface area contributed by atoms with Gasteiger partial charge in [-0.2, -0.15) is 0 Å². The minimum absolute atomic E-state index is 0.00720. The van der Waals surface area contributed by atoms with E-state index in [1.807, 2.05) is 30.9 Å². The van der Waals surface area contributed by atoms with Crippen LogP contribution in [0, 0.1) is 0 Å². The molecule has 0 saturated carbocycles. The van der Waals surface area contributed by atoms with Crippen LogP contribution >= 0.6 is 15.9 Å². The van der Waals surface area contributed by atoms with Crippen molar-refractivity contribution in [2.24, 2.45) is 0 Å². The van der Waals surface area contributed by atoms with Crippen molar-refractivity contribution in [1.82, 2.24) is 4.90 Å². The van der Waals surface area contributed by atoms with Crippen LogP contribution in [0.3, 0.4) is 0 Å². The predicted octanol–water partition coefficient (Wildman–Crippen LogP) is 2.71. The first-order valence-electron chi connectivity index (χ1n) is 6.29. The fourth-order valence-electron chi connectivity index (χ4n) is 2.31. The van der Waals surface area contributed by atoms with Gasteiger partial charge in [-0.15, -0.1) is 0 Å². The van der Waals surface area contributed by atoms with Crippen LogP contribution < -0.4 is 4.74 Å². The molecule has 1 aliphatic rings. The quantitative estimate of drug-likeness (QED) is 0.838. The Morgan fingerprint density at radius 1 is 1.37 bits per heavy atom. The SMILES string of the molecule is COc1ccc(Br)c(C(=O)N2C[C@H](C)O[C@@H](C)C2)c1. The third-order valence-corrected chi connectivity index (χ3v) is 3.80. The number of hydrogen-bond donors (Lipinski definition) is 0. The van der Waals surface area contributed by atoms with Crippen LogP contribution in [0.15, 0.2) is 22.7 Å². The third kappa shape index (κ3) is 3.28. The van der Waals surface area contributed by atoms with Gasteiger partial charge in [0.05, 0.1) is 24.9 Å². The third-order valence-electron chi connectivity index (χ3n) is 3.11. The smallest absolute Gasteiger partial charge is 0.255 e. The highest BCUT2D eigenvalue weighted by Crippen LogP contribution is 2.25. The van der Waals surface area contributed by atoms with Crippen LogP contribution in [0.4, 0.5) is 0 Å². The summed E-state index contributed by atoms with van der Waals surface area (Å²) in [5.41, 5.74) is 0.626. The van der Waals surface area contributed by atoms with Gasteiger partial charge >= 0.3 is 0 Å². The molecule has 0 radical (unpaired) electrons. The van der Waals surface area contributed by atoms with Gasteiger partial charge in [-0.3, -0.25) is 4.79 Å². The van der Waals surface area contributed by atoms with Gasteiger partial charge in [-0.05, 0) is 48.0 Å². The molecule has 1 aromatic rings. The second kappa shape index (κ2) is 5.92. The van der Waals surface area contributed by atoms with Crippen LogP contribution in [0.2, 0.25) is 0 Å². The van der Waals surface area contributed by atoms with Crippen LogP contribution in [-0.2, 0) is 4.74 Å². The van der Waals surface area contributed by atoms with E-state index < -0.39 is 0 Å². The van der Waals surface area contributed by atoms with Gasteiger partial charge in [-0.25, -0.2) is 0 Å². The molecule has 2 rings (SSSR count). The predicted molar refractivity (Wildman–Crippen MR) is 76.6 cm³/mol. The molecule has 104 valence electrons. The molecule has 0 aromatic heterocycles. The van der Waals surface area contributed by atoms with E-state index in [9.17, 15) is 4.79 Å². The molecule has 0 unspecified atom stereocenters. The first-order valence-corrected chi connectivity index (χ1v) is 7.09. The molecule has 1 saturated heterocycles. The minimum atomic E-state index is 0.00720. The topological polar surface area (TPSA) is 38.8 Å². The number of methoxy groups -OCH3 is 1. The van der Waals surface area contributed by atoms with E-state index in [4.69, 9.17) is 9.47 Å². The second-order valence-electron chi connectivity index (χ2n) is 4.81. The Labute approximate surface area is 121 Å². The van der Waals surface area contributed by atoms with E-state index in [2.05, 4.69) is 15.9 Å². The number of rotatable bonds is 2. The summed E-state index contributed by atoms with van der Waals surface area (Å²) in [7, 11) is 1.59. The highest BCUT2D eigenvalue weighted by atomic mass is 79.9. The molecule has 0 aliphatic carbocycles. The standard InChI is InChI=1S/C14H18BrNO3/c1-9-7-16(8-10(2)19-9)14(17)12-6-11(18-3)4-5-13(12)15/h4-6,9-10H,7-8H2,1-3H3/t9-,10-/m0/s1. The summed E-state index contributed by atoms with van der Waals surface area (Å²) in [6.07, 6.45) is 0.133. The maximum absolute atomic E-state index is 12.6. The van der Waals surface area contributed by atoms with Crippen molar-refractivity contribution in [2.45, 2.75) is 26.1 Å². The second-order valence-corrected chi connectivity index (χ2v) is 5.67. The average Bonchev–Trinajstić information content (AvgIpc) is 2.37. The maximum Gasteiger partial charge on any atom is 0.255 e. The van der Waals surface area contributed by atoms with Gasteiger partial charge in [0.25, 0.3) is 5.91 Å². The number of nitrogens with zero attached hydrogens (tertiary/aromatic N) is 1. The van der Waals surface area contributed by atoms with E-state index in [-0.39, 0.29) is 18.1 Å². The van der Waals surface area contributed by atoms with Crippen molar-refractivity contribution in [3.63, 3.8) is 0 Å². The zero-order chi connectivity index (χ0) is 14.0. The first kappa shape index (κ1) is 14.3. The fourth-order valence-corrected chi connectivity index (χ4v) is 2.73. The number of carbonyl (C=O) groups is 1. The number of hydrogen-bond acceptors (Lipinski definition) is 3. The van der Waals surface area contributed by atoms with Gasteiger partial charge < -0.3 is 14.4 Å². The normalized spacial score (nSPS) is 23.3. The molecule has 0 N–H and O–H groups in total. The molecule has 1 heterocycles. The lowest BCUT2D eigenvalue weighted by atomic mass is 10.1. The summed E-state index contributed by atoms with van der Waals surface area (Å²) >= 11 is 3.42. The van der Waals surface area contributed by atoms with Crippen molar-refractivity contribution in [2.75, 3.05) is 20.2 Å². The summed E-state index contributed by atoms with van der Waals surface area (Å²) in [6, 6.07) is 5.42. The van der Waals surface area contributed by atoms with Gasteiger partial charge in [0.15, 0.2) is 0 Å². The lowest BCUT2D eigenvalue weighted by Crippen LogP contribution is -2.48. The molecule has 5 heteroatoms. The van der Waals surface area contributed by atoms with Crippen molar-refractivity contribution in [3.8, 4) is 5.75 Å². The van der Waals surface area contributed by atoms with Crippen LogP contribution in [0.5, 0.6) is 5.75 Å². The van der Waals surface area contributed by atoms with Crippen molar-refractivity contribution < 1.29 is 14.3 Å². The highest BCUT2D eigenvalue weighted by Gasteiger charge is 2.27. The molecule has 19 heavy (non-hydrogen) atoms. The average molecular weight is 328 g/mol. The Bertz CT molecular complexity index is 468. The summed E-state index contributed by atoms with van der Waals surface area (Å²) in [5.74, 6) is 0.689. The zero-order valence-electron chi connectivity index (χ0n) is 11.4. The van der Waals surface area contributed by atoms with Gasteiger partial charge in [0, 0.05) is 17.6 Å². The molecule has 0 spiro atoms. The maximum atomic E-state index is 12.6. The van der Waals surface area contributed by atoms with Crippen molar-refractivity contribution in [1.29, 1.82) is 0 Å². The Balaban J connectivity index is 2.23. The van der Waals surface area contributed by atoms with E-state index >= 15 is 0 Å². The number of carbonyl (C=O) groups excluding carboxylic acids is 1. The minimum Gasteiger partial charge on any atom is -0.497 e. The summed E-state index contributed by atoms with van der Waals surface area (Å²) in [6.45, 7) is 5.20. The number of amides is 1. The molecular formula is C14H18BrNO3. The lowest BCUT2D eigenvalue weighted by Gasteiger charge is -2.35. The molecular weight excluding hydrogens is 310 g/mol. The Hall–Kier alpha value is -1.07. The van der Waals surface area contributed by atoms with Crippen LogP contribution in [-0.4, -0.2) is 43.2 Å². The van der Waals surface area contributed by atoms with E-state index in [0.717, 1.165) is 4.47 Å². The molecule has 1 aromatic carbocycles. The summed E-state index contributed by atoms with van der Waals surface area (Å²) in [5, 5.41) is 0. The molecule has 0 bridgehead atoms. The number of ether oxygens (including phenoxy) is 2. The summed E-state index contributed by atoms with van der Waals surface area (Å²) in [4.78, 5) is 14.4. The van der Waals surface area contributed by atoms with Gasteiger partial charge in [0.1, 0.15) is 5.75 Å². The Morgan fingerprint density at radius 2 is 2.00 bits per heavy atom. The van der Waals surface area contributed by atoms with E-state index in [0.29, 0.717) is 24.4 Å². The fraction of sp³-hybridized carbons (Fsp3) is 0.500. The number of benzene rings is 1. The van der Waals surface area contributed by atoms with Crippen LogP contribution in [0.25, 0.3) is 0 Å². The molecule has 4 nitrogen and oxygen atoms in total. The Kier molecular flexibility index (Phi) is 4.47. The number of halogens is 1. The molecule has 1 aliphatic heterocycles. The largest absolute Gasteiger partial charge is 0.497 e. The Morgan fingerprint density at radius 3 is 2.58 bits per heavy atom. The number of morpholine rings is 1. The monoisotopic (exact) mass is 327 g/mol. The van der Waals surface area contributed by atoms with Gasteiger partial charge in [-0.1, -0.05) is 0 Å². The zero-order valence-corrected chi connectivity index (χ0v) is 12.9. The van der Waals surface area contributed by atoms with E-state index in [1.165, 1.54) is 0 Å². The molecule has 1 fully saturated rings. The van der Waals surface area contributed by atoms with Crippen LogP contribution in [0.1, 0.15) is 24.2 Å². The molecule has 2 atom stereocenters. The first-order chi connectivity index (χ1) is 9.01.